The van der Waals surface area contributed by atoms with Gasteiger partial charge < -0.3 is 0 Å². The van der Waals surface area contributed by atoms with Crippen LogP contribution < -0.4 is 10.9 Å². The maximum absolute atomic E-state index is 12.1. The minimum Gasteiger partial charge on any atom is -0.267 e. The van der Waals surface area contributed by atoms with Crippen LogP contribution in [-0.4, -0.2) is 21.8 Å². The molecule has 1 aromatic carbocycles. The molecule has 0 spiro atoms. The number of hydrogen-bond acceptors (Lipinski definition) is 4. The van der Waals surface area contributed by atoms with E-state index < -0.39 is 11.8 Å². The van der Waals surface area contributed by atoms with Crippen molar-refractivity contribution in [2.24, 2.45) is 0 Å². The summed E-state index contributed by atoms with van der Waals surface area (Å²) in [6, 6.07) is 10.4. The number of carbonyl (C=O) groups excluding carboxylic acids is 2. The van der Waals surface area contributed by atoms with E-state index in [1.165, 1.54) is 6.20 Å². The van der Waals surface area contributed by atoms with E-state index in [1.807, 2.05) is 6.07 Å². The summed E-state index contributed by atoms with van der Waals surface area (Å²) >= 11 is 3.23. The normalized spacial score (nSPS) is 10.3. The zero-order valence-corrected chi connectivity index (χ0v) is 13.4. The van der Waals surface area contributed by atoms with Gasteiger partial charge in [0.1, 0.15) is 0 Å². The van der Waals surface area contributed by atoms with Crippen LogP contribution in [0.2, 0.25) is 0 Å². The minimum atomic E-state index is -0.449. The molecule has 2 amide bonds. The fourth-order valence-corrected chi connectivity index (χ4v) is 2.38. The predicted molar refractivity (Wildman–Crippen MR) is 88.6 cm³/mol. The van der Waals surface area contributed by atoms with E-state index >= 15 is 0 Å². The van der Waals surface area contributed by atoms with Gasteiger partial charge in [0.05, 0.1) is 11.1 Å². The fraction of sp³-hybridized carbons (Fsp3) is 0. The van der Waals surface area contributed by atoms with Gasteiger partial charge in [-0.2, -0.15) is 0 Å². The van der Waals surface area contributed by atoms with Gasteiger partial charge >= 0.3 is 0 Å². The third-order valence-electron chi connectivity index (χ3n) is 3.12. The second-order valence-electron chi connectivity index (χ2n) is 4.71. The highest BCUT2D eigenvalue weighted by molar-refractivity contribution is 9.10. The number of hydrogen-bond donors (Lipinski definition) is 2. The molecule has 2 aromatic heterocycles. The number of amides is 2. The lowest BCUT2D eigenvalue weighted by Crippen LogP contribution is -2.41. The van der Waals surface area contributed by atoms with Crippen LogP contribution in [0.1, 0.15) is 20.7 Å². The Bertz CT molecular complexity index is 898. The molecule has 23 heavy (non-hydrogen) atoms. The van der Waals surface area contributed by atoms with Crippen molar-refractivity contribution in [3.63, 3.8) is 0 Å². The number of aromatic nitrogens is 2. The quantitative estimate of drug-likeness (QED) is 0.678. The van der Waals surface area contributed by atoms with E-state index in [0.717, 1.165) is 10.9 Å². The molecule has 0 bridgehead atoms. The van der Waals surface area contributed by atoms with Gasteiger partial charge in [0.15, 0.2) is 0 Å². The summed E-state index contributed by atoms with van der Waals surface area (Å²) in [5.74, 6) is -0.860. The average molecular weight is 371 g/mol. The number of pyridine rings is 2. The van der Waals surface area contributed by atoms with Crippen LogP contribution in [0.3, 0.4) is 0 Å². The number of hydrazine groups is 1. The third kappa shape index (κ3) is 3.51. The summed E-state index contributed by atoms with van der Waals surface area (Å²) in [6.45, 7) is 0. The van der Waals surface area contributed by atoms with E-state index in [1.54, 1.807) is 42.7 Å². The summed E-state index contributed by atoms with van der Waals surface area (Å²) in [4.78, 5) is 32.2. The summed E-state index contributed by atoms with van der Waals surface area (Å²) in [5.41, 5.74) is 6.30. The van der Waals surface area contributed by atoms with E-state index in [4.69, 9.17) is 0 Å². The van der Waals surface area contributed by atoms with Gasteiger partial charge in [0.2, 0.25) is 0 Å². The highest BCUT2D eigenvalue weighted by Gasteiger charge is 2.10. The van der Waals surface area contributed by atoms with Crippen LogP contribution in [0.5, 0.6) is 0 Å². The van der Waals surface area contributed by atoms with E-state index in [-0.39, 0.29) is 0 Å². The standard InChI is InChI=1S/C16H11BrN4O2/c17-13-7-12(8-18-9-13)16(23)21-20-15(22)11-3-4-14-10(6-11)2-1-5-19-14/h1-9H,(H,20,22)(H,21,23). The Hall–Kier alpha value is -2.80. The van der Waals surface area contributed by atoms with Crippen LogP contribution in [0.25, 0.3) is 10.9 Å². The molecule has 7 heteroatoms. The molecule has 0 saturated carbocycles. The van der Waals surface area contributed by atoms with E-state index in [2.05, 4.69) is 36.7 Å². The van der Waals surface area contributed by atoms with Crippen LogP contribution in [0.15, 0.2) is 59.5 Å². The number of rotatable bonds is 2. The number of nitrogens with zero attached hydrogens (tertiary/aromatic N) is 2. The number of fused-ring (bicyclic) bond motifs is 1. The van der Waals surface area contributed by atoms with Crippen LogP contribution in [0, 0.1) is 0 Å². The molecule has 0 radical (unpaired) electrons. The molecular weight excluding hydrogens is 360 g/mol. The third-order valence-corrected chi connectivity index (χ3v) is 3.56. The lowest BCUT2D eigenvalue weighted by atomic mass is 10.1. The van der Waals surface area contributed by atoms with Crippen molar-refractivity contribution < 1.29 is 9.59 Å². The second kappa shape index (κ2) is 6.53. The Kier molecular flexibility index (Phi) is 4.29. The summed E-state index contributed by atoms with van der Waals surface area (Å²) in [7, 11) is 0. The first kappa shape index (κ1) is 15.1. The summed E-state index contributed by atoms with van der Waals surface area (Å²) in [6.07, 6.45) is 4.67. The number of carbonyl (C=O) groups is 2. The molecule has 2 heterocycles. The molecule has 6 nitrogen and oxygen atoms in total. The first-order valence-electron chi connectivity index (χ1n) is 6.69. The Morgan fingerprint density at radius 2 is 1.74 bits per heavy atom. The summed E-state index contributed by atoms with van der Waals surface area (Å²) in [5, 5.41) is 0.850. The van der Waals surface area contributed by atoms with Crippen molar-refractivity contribution in [1.29, 1.82) is 0 Å². The minimum absolute atomic E-state index is 0.336. The molecule has 2 N–H and O–H groups in total. The highest BCUT2D eigenvalue weighted by Crippen LogP contribution is 2.13. The predicted octanol–water partition coefficient (Wildman–Crippen LogP) is 2.47. The van der Waals surface area contributed by atoms with Gasteiger partial charge in [-0.1, -0.05) is 6.07 Å². The van der Waals surface area contributed by atoms with Crippen molar-refractivity contribution >= 4 is 38.6 Å². The fourth-order valence-electron chi connectivity index (χ4n) is 2.01. The molecule has 0 aliphatic carbocycles. The van der Waals surface area contributed by atoms with Gasteiger partial charge in [-0.3, -0.25) is 30.4 Å². The lowest BCUT2D eigenvalue weighted by molar-refractivity contribution is 0.0846. The molecular formula is C16H11BrN4O2. The van der Waals surface area contributed by atoms with Gasteiger partial charge in [-0.25, -0.2) is 0 Å². The van der Waals surface area contributed by atoms with Gasteiger partial charge in [-0.05, 0) is 46.3 Å². The highest BCUT2D eigenvalue weighted by atomic mass is 79.9. The summed E-state index contributed by atoms with van der Waals surface area (Å²) < 4.78 is 0.679. The second-order valence-corrected chi connectivity index (χ2v) is 5.63. The molecule has 3 aromatic rings. The Morgan fingerprint density at radius 1 is 0.957 bits per heavy atom. The Labute approximate surface area is 140 Å². The Morgan fingerprint density at radius 3 is 2.52 bits per heavy atom. The molecule has 0 unspecified atom stereocenters. The zero-order chi connectivity index (χ0) is 16.2. The first-order valence-corrected chi connectivity index (χ1v) is 7.49. The Balaban J connectivity index is 1.69. The van der Waals surface area contributed by atoms with Crippen molar-refractivity contribution in [1.82, 2.24) is 20.8 Å². The maximum atomic E-state index is 12.1. The van der Waals surface area contributed by atoms with Crippen molar-refractivity contribution in [3.8, 4) is 0 Å². The smallest absolute Gasteiger partial charge is 0.267 e. The van der Waals surface area contributed by atoms with Gasteiger partial charge in [0, 0.05) is 34.0 Å². The SMILES string of the molecule is O=C(NNC(=O)c1ccc2ncccc2c1)c1cncc(Br)c1. The molecule has 0 aliphatic heterocycles. The average Bonchev–Trinajstić information content (AvgIpc) is 2.59. The maximum Gasteiger partial charge on any atom is 0.271 e. The number of benzene rings is 1. The molecule has 0 atom stereocenters. The van der Waals surface area contributed by atoms with Gasteiger partial charge in [-0.15, -0.1) is 0 Å². The monoisotopic (exact) mass is 370 g/mol. The molecule has 0 saturated heterocycles. The molecule has 0 fully saturated rings. The van der Waals surface area contributed by atoms with Crippen molar-refractivity contribution in [3.05, 3.63) is 70.6 Å². The van der Waals surface area contributed by atoms with Crippen LogP contribution >= 0.6 is 15.9 Å². The topological polar surface area (TPSA) is 84.0 Å². The lowest BCUT2D eigenvalue weighted by Gasteiger charge is -2.08. The van der Waals surface area contributed by atoms with E-state index in [9.17, 15) is 9.59 Å². The largest absolute Gasteiger partial charge is 0.271 e. The number of nitrogens with one attached hydrogen (secondary N) is 2. The molecule has 0 aliphatic rings. The van der Waals surface area contributed by atoms with Gasteiger partial charge in [0.25, 0.3) is 11.8 Å². The van der Waals surface area contributed by atoms with Crippen molar-refractivity contribution in [2.75, 3.05) is 0 Å². The van der Waals surface area contributed by atoms with E-state index in [0.29, 0.717) is 15.6 Å². The van der Waals surface area contributed by atoms with Crippen LogP contribution in [-0.2, 0) is 0 Å². The molecule has 114 valence electrons. The number of halogens is 1. The zero-order valence-electron chi connectivity index (χ0n) is 11.8. The van der Waals surface area contributed by atoms with Crippen molar-refractivity contribution in [2.45, 2.75) is 0 Å². The van der Waals surface area contributed by atoms with Crippen LogP contribution in [0.4, 0.5) is 0 Å². The molecule has 3 rings (SSSR count). The first-order chi connectivity index (χ1) is 11.1.